The third-order valence-electron chi connectivity index (χ3n) is 4.90. The molecular weight excluding hydrogens is 328 g/mol. The van der Waals surface area contributed by atoms with E-state index in [1.807, 2.05) is 24.3 Å². The van der Waals surface area contributed by atoms with Crippen LogP contribution in [0, 0.1) is 5.92 Å². The Hall–Kier alpha value is -1.52. The molecule has 1 aliphatic carbocycles. The molecule has 1 aromatic heterocycles. The molecule has 2 unspecified atom stereocenters. The molecule has 0 radical (unpaired) electrons. The summed E-state index contributed by atoms with van der Waals surface area (Å²) in [6.45, 7) is 2.25. The number of benzene rings is 1. The number of thiophene rings is 1. The molecule has 1 amide bonds. The van der Waals surface area contributed by atoms with E-state index in [1.54, 1.807) is 11.3 Å². The summed E-state index contributed by atoms with van der Waals surface area (Å²) in [5.74, 6) is 0.797. The van der Waals surface area contributed by atoms with Crippen molar-refractivity contribution < 1.29 is 4.79 Å². The molecule has 2 heterocycles. The van der Waals surface area contributed by atoms with E-state index in [0.29, 0.717) is 5.02 Å². The Balaban J connectivity index is 1.68. The minimum atomic E-state index is -0.212. The number of carbonyl (C=O) groups is 1. The molecule has 0 saturated carbocycles. The quantitative estimate of drug-likeness (QED) is 0.822. The number of fused-ring (bicyclic) bond motifs is 3. The van der Waals surface area contributed by atoms with Crippen LogP contribution in [0.4, 0.5) is 5.00 Å². The van der Waals surface area contributed by atoms with Crippen molar-refractivity contribution in [3.63, 3.8) is 0 Å². The highest BCUT2D eigenvalue weighted by atomic mass is 35.5. The van der Waals surface area contributed by atoms with E-state index in [9.17, 15) is 4.79 Å². The zero-order chi connectivity index (χ0) is 16.0. The summed E-state index contributed by atoms with van der Waals surface area (Å²) in [5.41, 5.74) is 3.12. The van der Waals surface area contributed by atoms with E-state index in [1.165, 1.54) is 23.3 Å². The topological polar surface area (TPSA) is 41.1 Å². The first kappa shape index (κ1) is 15.0. The number of carbonyl (C=O) groups excluding carboxylic acids is 1. The van der Waals surface area contributed by atoms with Crippen molar-refractivity contribution in [2.75, 3.05) is 5.32 Å². The van der Waals surface area contributed by atoms with Crippen LogP contribution in [0.25, 0.3) is 0 Å². The molecule has 2 aromatic rings. The van der Waals surface area contributed by atoms with Crippen molar-refractivity contribution in [3.8, 4) is 0 Å². The second-order valence-corrected chi connectivity index (χ2v) is 7.87. The highest BCUT2D eigenvalue weighted by Gasteiger charge is 2.33. The molecule has 0 saturated heterocycles. The van der Waals surface area contributed by atoms with Gasteiger partial charge in [0, 0.05) is 9.90 Å². The van der Waals surface area contributed by atoms with Crippen molar-refractivity contribution in [2.45, 2.75) is 38.8 Å². The van der Waals surface area contributed by atoms with Gasteiger partial charge in [0.25, 0.3) is 5.91 Å². The first-order valence-corrected chi connectivity index (χ1v) is 9.32. The Morgan fingerprint density at radius 3 is 3.00 bits per heavy atom. The summed E-state index contributed by atoms with van der Waals surface area (Å²) in [4.78, 5) is 14.1. The van der Waals surface area contributed by atoms with Gasteiger partial charge < -0.3 is 10.6 Å². The fourth-order valence-electron chi connectivity index (χ4n) is 3.57. The number of rotatable bonds is 2. The molecule has 0 bridgehead atoms. The fraction of sp³-hybridized carbons (Fsp3) is 0.389. The molecule has 5 heteroatoms. The van der Waals surface area contributed by atoms with Crippen LogP contribution in [0.15, 0.2) is 24.3 Å². The van der Waals surface area contributed by atoms with E-state index in [4.69, 9.17) is 11.6 Å². The number of anilines is 1. The first-order chi connectivity index (χ1) is 11.2. The third-order valence-corrected chi connectivity index (χ3v) is 6.33. The van der Waals surface area contributed by atoms with Crippen molar-refractivity contribution in [1.82, 2.24) is 5.32 Å². The number of halogens is 1. The van der Waals surface area contributed by atoms with Crippen molar-refractivity contribution in [2.24, 2.45) is 5.92 Å². The maximum Gasteiger partial charge on any atom is 0.256 e. The predicted molar refractivity (Wildman–Crippen MR) is 95.4 cm³/mol. The van der Waals surface area contributed by atoms with Gasteiger partial charge in [-0.25, -0.2) is 0 Å². The van der Waals surface area contributed by atoms with Gasteiger partial charge in [-0.05, 0) is 48.4 Å². The zero-order valence-electron chi connectivity index (χ0n) is 13.0. The van der Waals surface area contributed by atoms with Crippen LogP contribution < -0.4 is 10.6 Å². The van der Waals surface area contributed by atoms with Gasteiger partial charge in [0.15, 0.2) is 0 Å². The van der Waals surface area contributed by atoms with Crippen LogP contribution in [0.2, 0.25) is 5.02 Å². The van der Waals surface area contributed by atoms with Crippen LogP contribution in [-0.2, 0) is 12.8 Å². The molecule has 0 fully saturated rings. The lowest BCUT2D eigenvalue weighted by Gasteiger charge is -2.27. The molecule has 0 spiro atoms. The summed E-state index contributed by atoms with van der Waals surface area (Å²) in [6, 6.07) is 7.63. The average molecular weight is 347 g/mol. The summed E-state index contributed by atoms with van der Waals surface area (Å²) in [7, 11) is 0. The number of hydrogen-bond donors (Lipinski definition) is 2. The highest BCUT2D eigenvalue weighted by Crippen LogP contribution is 2.43. The maximum absolute atomic E-state index is 12.7. The van der Waals surface area contributed by atoms with Gasteiger partial charge in [0.1, 0.15) is 11.2 Å². The molecule has 4 rings (SSSR count). The van der Waals surface area contributed by atoms with Gasteiger partial charge in [-0.3, -0.25) is 4.79 Å². The van der Waals surface area contributed by atoms with E-state index in [2.05, 4.69) is 17.6 Å². The van der Waals surface area contributed by atoms with Gasteiger partial charge in [0.2, 0.25) is 0 Å². The van der Waals surface area contributed by atoms with Crippen LogP contribution in [0.1, 0.15) is 52.3 Å². The monoisotopic (exact) mass is 346 g/mol. The van der Waals surface area contributed by atoms with Gasteiger partial charge >= 0.3 is 0 Å². The Morgan fingerprint density at radius 2 is 2.22 bits per heavy atom. The standard InChI is InChI=1S/C18H19ClN2OS/c1-2-10-6-7-13-14(8-10)23-18-15(13)17(22)20-16(21-18)11-4-3-5-12(19)9-11/h3-5,9-10,16,21H,2,6-8H2,1H3,(H,20,22). The molecule has 2 aliphatic rings. The maximum atomic E-state index is 12.7. The van der Waals surface area contributed by atoms with Crippen LogP contribution in [-0.4, -0.2) is 5.91 Å². The summed E-state index contributed by atoms with van der Waals surface area (Å²) < 4.78 is 0. The number of amides is 1. The van der Waals surface area contributed by atoms with Crippen LogP contribution in [0.5, 0.6) is 0 Å². The predicted octanol–water partition coefficient (Wildman–Crippen LogP) is 4.77. The van der Waals surface area contributed by atoms with Gasteiger partial charge in [0.05, 0.1) is 5.56 Å². The Kier molecular flexibility index (Phi) is 3.82. The highest BCUT2D eigenvalue weighted by molar-refractivity contribution is 7.16. The smallest absolute Gasteiger partial charge is 0.256 e. The molecule has 1 aromatic carbocycles. The summed E-state index contributed by atoms with van der Waals surface area (Å²) in [6.07, 6.45) is 4.33. The van der Waals surface area contributed by atoms with Gasteiger partial charge in [-0.15, -0.1) is 11.3 Å². The van der Waals surface area contributed by atoms with Crippen molar-refractivity contribution >= 4 is 33.8 Å². The molecule has 120 valence electrons. The summed E-state index contributed by atoms with van der Waals surface area (Å²) in [5, 5.41) is 8.26. The largest absolute Gasteiger partial charge is 0.353 e. The van der Waals surface area contributed by atoms with Gasteiger partial charge in [-0.2, -0.15) is 0 Å². The number of nitrogens with one attached hydrogen (secondary N) is 2. The Labute approximate surface area is 145 Å². The molecule has 1 aliphatic heterocycles. The van der Waals surface area contributed by atoms with E-state index < -0.39 is 0 Å². The lowest BCUT2D eigenvalue weighted by molar-refractivity contribution is 0.0935. The Bertz CT molecular complexity index is 770. The Morgan fingerprint density at radius 1 is 1.35 bits per heavy atom. The van der Waals surface area contributed by atoms with Crippen molar-refractivity contribution in [3.05, 3.63) is 50.9 Å². The second kappa shape index (κ2) is 5.84. The van der Waals surface area contributed by atoms with Crippen LogP contribution in [0.3, 0.4) is 0 Å². The normalized spacial score (nSPS) is 22.8. The first-order valence-electron chi connectivity index (χ1n) is 8.13. The van der Waals surface area contributed by atoms with Crippen LogP contribution >= 0.6 is 22.9 Å². The second-order valence-electron chi connectivity index (χ2n) is 6.33. The lowest BCUT2D eigenvalue weighted by atomic mass is 9.85. The molecule has 2 atom stereocenters. The molecular formula is C18H19ClN2OS. The van der Waals surface area contributed by atoms with E-state index in [0.717, 1.165) is 34.9 Å². The third kappa shape index (κ3) is 2.64. The van der Waals surface area contributed by atoms with Crippen molar-refractivity contribution in [1.29, 1.82) is 0 Å². The molecule has 2 N–H and O–H groups in total. The number of hydrogen-bond acceptors (Lipinski definition) is 3. The zero-order valence-corrected chi connectivity index (χ0v) is 14.6. The van der Waals surface area contributed by atoms with E-state index in [-0.39, 0.29) is 12.1 Å². The minimum Gasteiger partial charge on any atom is -0.353 e. The minimum absolute atomic E-state index is 0.0381. The molecule has 23 heavy (non-hydrogen) atoms. The van der Waals surface area contributed by atoms with Gasteiger partial charge in [-0.1, -0.05) is 37.1 Å². The SMILES string of the molecule is CCC1CCc2c(sc3c2C(=O)NC(c2cccc(Cl)c2)N3)C1. The fourth-order valence-corrected chi connectivity index (χ4v) is 5.15. The average Bonchev–Trinajstić information content (AvgIpc) is 2.92. The molecule has 3 nitrogen and oxygen atoms in total. The summed E-state index contributed by atoms with van der Waals surface area (Å²) >= 11 is 7.84. The lowest BCUT2D eigenvalue weighted by Crippen LogP contribution is -2.38. The van der Waals surface area contributed by atoms with E-state index >= 15 is 0 Å².